The van der Waals surface area contributed by atoms with Crippen LogP contribution in [0.25, 0.3) is 0 Å². The number of carbonyl (C=O) groups is 3. The Balaban J connectivity index is 0.980. The van der Waals surface area contributed by atoms with Gasteiger partial charge in [0.15, 0.2) is 0 Å². The second-order valence-corrected chi connectivity index (χ2v) is 14.0. The molecule has 3 amide bonds. The molecule has 3 saturated heterocycles. The van der Waals surface area contributed by atoms with Crippen LogP contribution in [0, 0.1) is 5.92 Å². The van der Waals surface area contributed by atoms with E-state index in [2.05, 4.69) is 15.1 Å². The Labute approximate surface area is 279 Å². The molecule has 2 N–H and O–H groups in total. The van der Waals surface area contributed by atoms with E-state index in [1.54, 1.807) is 19.0 Å². The van der Waals surface area contributed by atoms with Gasteiger partial charge < -0.3 is 25.1 Å². The lowest BCUT2D eigenvalue weighted by molar-refractivity contribution is -0.137. The van der Waals surface area contributed by atoms with E-state index in [1.165, 1.54) is 12.1 Å². The quantitative estimate of drug-likeness (QED) is 0.463. The van der Waals surface area contributed by atoms with Crippen LogP contribution in [0.3, 0.4) is 0 Å². The first-order valence-corrected chi connectivity index (χ1v) is 17.0. The first-order valence-electron chi connectivity index (χ1n) is 17.0. The standard InChI is InChI=1S/C35H45F3N6O4/c1-41(2)33(47)23-10-16-42(17-11-23)27-6-7-30(39-21-27)34(48)14-8-26(9-15-34)43-18-12-29-28(43)13-19-44(29)31(45)22-40-32(46)24-4-3-5-25(20-24)35(36,37)38/h3-7,20-21,23,26,28-29,48H,8-19,22H2,1-2H3,(H,40,46)/t26-,28?,29?,34-. The number of carbonyl (C=O) groups excluding carboxylic acids is 3. The number of rotatable bonds is 7. The minimum Gasteiger partial charge on any atom is -0.384 e. The third-order valence-electron chi connectivity index (χ3n) is 10.9. The molecule has 4 heterocycles. The number of halogens is 3. The Morgan fingerprint density at radius 1 is 0.958 bits per heavy atom. The number of alkyl halides is 3. The first kappa shape index (κ1) is 34.2. The summed E-state index contributed by atoms with van der Waals surface area (Å²) in [6.07, 6.45) is 3.38. The van der Waals surface area contributed by atoms with Gasteiger partial charge in [0.25, 0.3) is 5.91 Å². The number of pyridine rings is 1. The van der Waals surface area contributed by atoms with Crippen LogP contribution in [0.5, 0.6) is 0 Å². The van der Waals surface area contributed by atoms with Crippen LogP contribution >= 0.6 is 0 Å². The summed E-state index contributed by atoms with van der Waals surface area (Å²) in [5.41, 5.74) is -0.346. The number of fused-ring (bicyclic) bond motifs is 1. The number of likely N-dealkylation sites (tertiary alicyclic amines) is 2. The van der Waals surface area contributed by atoms with Crippen molar-refractivity contribution in [3.8, 4) is 0 Å². The zero-order chi connectivity index (χ0) is 34.2. The molecule has 260 valence electrons. The van der Waals surface area contributed by atoms with Gasteiger partial charge in [0.1, 0.15) is 5.60 Å². The van der Waals surface area contributed by atoms with Gasteiger partial charge in [-0.3, -0.25) is 24.3 Å². The molecule has 13 heteroatoms. The lowest BCUT2D eigenvalue weighted by Crippen LogP contribution is -2.47. The summed E-state index contributed by atoms with van der Waals surface area (Å²) < 4.78 is 39.1. The Hall–Kier alpha value is -3.71. The molecule has 1 aromatic heterocycles. The van der Waals surface area contributed by atoms with Crippen molar-refractivity contribution in [3.63, 3.8) is 0 Å². The Morgan fingerprint density at radius 2 is 1.67 bits per heavy atom. The normalized spacial score (nSPS) is 26.8. The van der Waals surface area contributed by atoms with Crippen molar-refractivity contribution in [2.24, 2.45) is 5.92 Å². The van der Waals surface area contributed by atoms with Crippen molar-refractivity contribution in [1.29, 1.82) is 0 Å². The second-order valence-electron chi connectivity index (χ2n) is 14.0. The number of amides is 3. The maximum absolute atomic E-state index is 13.1. The molecule has 4 aliphatic rings. The summed E-state index contributed by atoms with van der Waals surface area (Å²) in [6.45, 7) is 2.75. The molecule has 2 unspecified atom stereocenters. The molecular weight excluding hydrogens is 625 g/mol. The van der Waals surface area contributed by atoms with Crippen LogP contribution in [-0.4, -0.2) is 107 Å². The average molecular weight is 671 g/mol. The molecular formula is C35H45F3N6O4. The maximum atomic E-state index is 13.1. The molecule has 1 aliphatic carbocycles. The SMILES string of the molecule is CN(C)C(=O)C1CCN(c2ccc([C@]3(O)CC[C@H](N4CCC5C4CCN5C(=O)CNC(=O)c4cccc(C(F)(F)F)c4)CC3)nc2)CC1. The largest absolute Gasteiger partial charge is 0.416 e. The van der Waals surface area contributed by atoms with E-state index in [-0.39, 0.29) is 41.9 Å². The van der Waals surface area contributed by atoms with Crippen LogP contribution < -0.4 is 10.2 Å². The fourth-order valence-corrected chi connectivity index (χ4v) is 8.24. The molecule has 2 aromatic rings. The number of benzene rings is 1. The number of aromatic nitrogens is 1. The van der Waals surface area contributed by atoms with Crippen LogP contribution in [0.15, 0.2) is 42.6 Å². The van der Waals surface area contributed by atoms with Gasteiger partial charge in [0.2, 0.25) is 11.8 Å². The molecule has 0 radical (unpaired) electrons. The van der Waals surface area contributed by atoms with Gasteiger partial charge >= 0.3 is 6.18 Å². The predicted molar refractivity (Wildman–Crippen MR) is 173 cm³/mol. The van der Waals surface area contributed by atoms with Gasteiger partial charge in [-0.15, -0.1) is 0 Å². The lowest BCUT2D eigenvalue weighted by Gasteiger charge is -2.41. The Bertz CT molecular complexity index is 1490. The number of nitrogens with one attached hydrogen (secondary N) is 1. The zero-order valence-electron chi connectivity index (χ0n) is 27.6. The van der Waals surface area contributed by atoms with Gasteiger partial charge in [-0.2, -0.15) is 13.2 Å². The molecule has 6 rings (SSSR count). The molecule has 2 atom stereocenters. The van der Waals surface area contributed by atoms with Crippen LogP contribution in [0.1, 0.15) is 73.0 Å². The number of hydrogen-bond acceptors (Lipinski definition) is 7. The van der Waals surface area contributed by atoms with E-state index in [1.807, 2.05) is 23.2 Å². The summed E-state index contributed by atoms with van der Waals surface area (Å²) in [5, 5.41) is 14.1. The fraction of sp³-hybridized carbons (Fsp3) is 0.600. The van der Waals surface area contributed by atoms with E-state index in [9.17, 15) is 32.7 Å². The predicted octanol–water partition coefficient (Wildman–Crippen LogP) is 3.64. The van der Waals surface area contributed by atoms with Crippen molar-refractivity contribution in [1.82, 2.24) is 25.0 Å². The van der Waals surface area contributed by atoms with E-state index >= 15 is 0 Å². The van der Waals surface area contributed by atoms with Crippen LogP contribution in [0.4, 0.5) is 18.9 Å². The summed E-state index contributed by atoms with van der Waals surface area (Å²) in [6, 6.07) is 8.67. The smallest absolute Gasteiger partial charge is 0.384 e. The summed E-state index contributed by atoms with van der Waals surface area (Å²) in [7, 11) is 3.60. The summed E-state index contributed by atoms with van der Waals surface area (Å²) in [5.74, 6) is -0.699. The van der Waals surface area contributed by atoms with E-state index < -0.39 is 23.2 Å². The topological polar surface area (TPSA) is 109 Å². The van der Waals surface area contributed by atoms with Crippen molar-refractivity contribution < 1.29 is 32.7 Å². The third-order valence-corrected chi connectivity index (χ3v) is 10.9. The highest BCUT2D eigenvalue weighted by Gasteiger charge is 2.48. The maximum Gasteiger partial charge on any atom is 0.416 e. The van der Waals surface area contributed by atoms with Gasteiger partial charge in [-0.25, -0.2) is 0 Å². The second kappa shape index (κ2) is 13.7. The van der Waals surface area contributed by atoms with Crippen LogP contribution in [0.2, 0.25) is 0 Å². The highest BCUT2D eigenvalue weighted by molar-refractivity contribution is 5.96. The molecule has 3 aliphatic heterocycles. The van der Waals surface area contributed by atoms with Crippen molar-refractivity contribution in [2.75, 3.05) is 51.7 Å². The van der Waals surface area contributed by atoms with Gasteiger partial charge in [0.05, 0.1) is 29.7 Å². The summed E-state index contributed by atoms with van der Waals surface area (Å²) in [4.78, 5) is 50.9. The van der Waals surface area contributed by atoms with E-state index in [4.69, 9.17) is 4.98 Å². The molecule has 1 aromatic carbocycles. The van der Waals surface area contributed by atoms with Crippen molar-refractivity contribution >= 4 is 23.4 Å². The third kappa shape index (κ3) is 7.03. The van der Waals surface area contributed by atoms with E-state index in [0.717, 1.165) is 76.0 Å². The average Bonchev–Trinajstić information content (AvgIpc) is 3.70. The Morgan fingerprint density at radius 3 is 2.31 bits per heavy atom. The molecule has 4 fully saturated rings. The Kier molecular flexibility index (Phi) is 9.72. The van der Waals surface area contributed by atoms with Crippen molar-refractivity contribution in [3.05, 3.63) is 59.4 Å². The van der Waals surface area contributed by atoms with Crippen molar-refractivity contribution in [2.45, 2.75) is 81.3 Å². The van der Waals surface area contributed by atoms with Gasteiger partial charge in [0, 0.05) is 69.9 Å². The number of anilines is 1. The number of nitrogens with zero attached hydrogens (tertiary/aromatic N) is 5. The zero-order valence-corrected chi connectivity index (χ0v) is 27.6. The highest BCUT2D eigenvalue weighted by Crippen LogP contribution is 2.42. The molecule has 1 saturated carbocycles. The first-order chi connectivity index (χ1) is 22.8. The highest BCUT2D eigenvalue weighted by atomic mass is 19.4. The van der Waals surface area contributed by atoms with Crippen LogP contribution in [-0.2, 0) is 21.4 Å². The number of aliphatic hydroxyl groups is 1. The fourth-order valence-electron chi connectivity index (χ4n) is 8.24. The van der Waals surface area contributed by atoms with Gasteiger partial charge in [-0.05, 0) is 81.7 Å². The molecule has 48 heavy (non-hydrogen) atoms. The number of piperidine rings is 1. The molecule has 0 bridgehead atoms. The minimum atomic E-state index is -4.56. The van der Waals surface area contributed by atoms with Gasteiger partial charge in [-0.1, -0.05) is 6.07 Å². The summed E-state index contributed by atoms with van der Waals surface area (Å²) >= 11 is 0. The monoisotopic (exact) mass is 670 g/mol. The number of hydrogen-bond donors (Lipinski definition) is 2. The molecule has 10 nitrogen and oxygen atoms in total. The molecule has 0 spiro atoms. The minimum absolute atomic E-state index is 0.0315. The van der Waals surface area contributed by atoms with E-state index in [0.29, 0.717) is 31.1 Å². The lowest BCUT2D eigenvalue weighted by atomic mass is 9.79.